The third-order valence-electron chi connectivity index (χ3n) is 4.53. The smallest absolute Gasteiger partial charge is 0.00104 e. The predicted octanol–water partition coefficient (Wildman–Crippen LogP) is 5.15. The van der Waals surface area contributed by atoms with Crippen molar-refractivity contribution < 1.29 is 0 Å². The van der Waals surface area contributed by atoms with Gasteiger partial charge in [0.25, 0.3) is 0 Å². The van der Waals surface area contributed by atoms with Gasteiger partial charge in [0.15, 0.2) is 0 Å². The van der Waals surface area contributed by atoms with Gasteiger partial charge in [-0.15, -0.1) is 0 Å². The average Bonchev–Trinajstić information content (AvgIpc) is 2.78. The van der Waals surface area contributed by atoms with E-state index in [2.05, 4.69) is 26.1 Å². The minimum absolute atomic E-state index is 0.653. The van der Waals surface area contributed by atoms with Crippen LogP contribution in [0.3, 0.4) is 0 Å². The lowest BCUT2D eigenvalue weighted by Gasteiger charge is -2.21. The standard InChI is InChI=1S/C17H35N/c1-4-5-6-7-8-9-11-16-12-10-13-17(16)14-18-15(2)3/h15-18H,4-14H2,1-3H3. The highest BCUT2D eigenvalue weighted by Crippen LogP contribution is 2.35. The van der Waals surface area contributed by atoms with Crippen LogP contribution in [0.1, 0.15) is 85.0 Å². The zero-order chi connectivity index (χ0) is 13.2. The van der Waals surface area contributed by atoms with Crippen molar-refractivity contribution in [3.63, 3.8) is 0 Å². The topological polar surface area (TPSA) is 12.0 Å². The Kier molecular flexibility index (Phi) is 8.75. The molecule has 1 aliphatic rings. The first-order valence-corrected chi connectivity index (χ1v) is 8.47. The van der Waals surface area contributed by atoms with Gasteiger partial charge in [-0.05, 0) is 24.8 Å². The summed E-state index contributed by atoms with van der Waals surface area (Å²) in [7, 11) is 0. The van der Waals surface area contributed by atoms with Crippen molar-refractivity contribution in [2.45, 2.75) is 91.0 Å². The maximum absolute atomic E-state index is 3.64. The molecule has 1 aliphatic carbocycles. The van der Waals surface area contributed by atoms with E-state index in [1.54, 1.807) is 0 Å². The van der Waals surface area contributed by atoms with Gasteiger partial charge in [0, 0.05) is 6.04 Å². The second-order valence-electron chi connectivity index (χ2n) is 6.57. The van der Waals surface area contributed by atoms with Crippen molar-refractivity contribution in [3.05, 3.63) is 0 Å². The molecule has 2 atom stereocenters. The first kappa shape index (κ1) is 16.0. The van der Waals surface area contributed by atoms with Gasteiger partial charge in [-0.25, -0.2) is 0 Å². The molecule has 0 spiro atoms. The fraction of sp³-hybridized carbons (Fsp3) is 1.00. The molecule has 0 heterocycles. The van der Waals surface area contributed by atoms with E-state index in [1.165, 1.54) is 70.8 Å². The van der Waals surface area contributed by atoms with Gasteiger partial charge < -0.3 is 5.32 Å². The van der Waals surface area contributed by atoms with E-state index >= 15 is 0 Å². The van der Waals surface area contributed by atoms with E-state index < -0.39 is 0 Å². The van der Waals surface area contributed by atoms with Crippen LogP contribution in [0.4, 0.5) is 0 Å². The molecule has 18 heavy (non-hydrogen) atoms. The Bertz CT molecular complexity index is 188. The Hall–Kier alpha value is -0.0400. The van der Waals surface area contributed by atoms with Gasteiger partial charge in [-0.3, -0.25) is 0 Å². The third kappa shape index (κ3) is 6.78. The average molecular weight is 253 g/mol. The van der Waals surface area contributed by atoms with Crippen molar-refractivity contribution in [1.82, 2.24) is 5.32 Å². The van der Waals surface area contributed by atoms with Crippen molar-refractivity contribution >= 4 is 0 Å². The SMILES string of the molecule is CCCCCCCCC1CCCC1CNC(C)C. The lowest BCUT2D eigenvalue weighted by molar-refractivity contribution is 0.328. The van der Waals surface area contributed by atoms with Crippen molar-refractivity contribution in [2.75, 3.05) is 6.54 Å². The highest BCUT2D eigenvalue weighted by Gasteiger charge is 2.26. The molecule has 0 radical (unpaired) electrons. The molecule has 0 saturated heterocycles. The number of hydrogen-bond donors (Lipinski definition) is 1. The highest BCUT2D eigenvalue weighted by molar-refractivity contribution is 4.79. The van der Waals surface area contributed by atoms with Crippen molar-refractivity contribution in [2.24, 2.45) is 11.8 Å². The molecule has 1 rings (SSSR count). The molecule has 1 heteroatoms. The summed E-state index contributed by atoms with van der Waals surface area (Å²) in [4.78, 5) is 0. The molecule has 1 fully saturated rings. The fourth-order valence-electron chi connectivity index (χ4n) is 3.34. The van der Waals surface area contributed by atoms with Gasteiger partial charge in [-0.2, -0.15) is 0 Å². The van der Waals surface area contributed by atoms with Crippen molar-refractivity contribution in [1.29, 1.82) is 0 Å². The fourth-order valence-corrected chi connectivity index (χ4v) is 3.34. The van der Waals surface area contributed by atoms with Gasteiger partial charge >= 0.3 is 0 Å². The monoisotopic (exact) mass is 253 g/mol. The summed E-state index contributed by atoms with van der Waals surface area (Å²) in [5.41, 5.74) is 0. The van der Waals surface area contributed by atoms with E-state index in [0.29, 0.717) is 6.04 Å². The molecule has 0 amide bonds. The van der Waals surface area contributed by atoms with Crippen LogP contribution in [-0.2, 0) is 0 Å². The first-order valence-electron chi connectivity index (χ1n) is 8.47. The number of rotatable bonds is 10. The Balaban J connectivity index is 2.05. The summed E-state index contributed by atoms with van der Waals surface area (Å²) in [6, 6.07) is 0.653. The molecule has 0 aromatic carbocycles. The second kappa shape index (κ2) is 9.83. The normalized spacial score (nSPS) is 24.0. The van der Waals surface area contributed by atoms with E-state index in [-0.39, 0.29) is 0 Å². The zero-order valence-electron chi connectivity index (χ0n) is 13.0. The quantitative estimate of drug-likeness (QED) is 0.531. The largest absolute Gasteiger partial charge is 0.314 e. The van der Waals surface area contributed by atoms with Crippen LogP contribution in [0.2, 0.25) is 0 Å². The first-order chi connectivity index (χ1) is 8.74. The van der Waals surface area contributed by atoms with Crippen LogP contribution < -0.4 is 5.32 Å². The molecular formula is C17H35N. The molecule has 0 aliphatic heterocycles. The van der Waals surface area contributed by atoms with Crippen LogP contribution in [0.5, 0.6) is 0 Å². The zero-order valence-corrected chi connectivity index (χ0v) is 13.0. The lowest BCUT2D eigenvalue weighted by Crippen LogP contribution is -2.30. The number of hydrogen-bond acceptors (Lipinski definition) is 1. The Labute approximate surface area is 115 Å². The van der Waals surface area contributed by atoms with Crippen LogP contribution in [0.15, 0.2) is 0 Å². The van der Waals surface area contributed by atoms with E-state index in [1.807, 2.05) is 0 Å². The van der Waals surface area contributed by atoms with E-state index in [0.717, 1.165) is 11.8 Å². The van der Waals surface area contributed by atoms with E-state index in [9.17, 15) is 0 Å². The van der Waals surface area contributed by atoms with Gasteiger partial charge in [-0.1, -0.05) is 78.6 Å². The molecule has 2 unspecified atom stereocenters. The molecule has 0 bridgehead atoms. The summed E-state index contributed by atoms with van der Waals surface area (Å²) in [5.74, 6) is 2.01. The maximum Gasteiger partial charge on any atom is 0.00104 e. The highest BCUT2D eigenvalue weighted by atomic mass is 14.9. The molecule has 1 nitrogen and oxygen atoms in total. The van der Waals surface area contributed by atoms with Crippen LogP contribution in [0.25, 0.3) is 0 Å². The molecule has 1 N–H and O–H groups in total. The predicted molar refractivity (Wildman–Crippen MR) is 82.0 cm³/mol. The lowest BCUT2D eigenvalue weighted by atomic mass is 9.90. The minimum Gasteiger partial charge on any atom is -0.314 e. The number of nitrogens with one attached hydrogen (secondary N) is 1. The summed E-state index contributed by atoms with van der Waals surface area (Å²) in [6.45, 7) is 8.08. The number of unbranched alkanes of at least 4 members (excludes halogenated alkanes) is 5. The molecular weight excluding hydrogens is 218 g/mol. The van der Waals surface area contributed by atoms with Crippen LogP contribution >= 0.6 is 0 Å². The minimum atomic E-state index is 0.653. The summed E-state index contributed by atoms with van der Waals surface area (Å²) < 4.78 is 0. The molecule has 0 aromatic heterocycles. The summed E-state index contributed by atoms with van der Waals surface area (Å²) >= 11 is 0. The third-order valence-corrected chi connectivity index (χ3v) is 4.53. The van der Waals surface area contributed by atoms with E-state index in [4.69, 9.17) is 0 Å². The van der Waals surface area contributed by atoms with Gasteiger partial charge in [0.05, 0.1) is 0 Å². The summed E-state index contributed by atoms with van der Waals surface area (Å²) in [6.07, 6.45) is 14.6. The summed E-state index contributed by atoms with van der Waals surface area (Å²) in [5, 5.41) is 3.64. The van der Waals surface area contributed by atoms with Crippen LogP contribution in [0, 0.1) is 11.8 Å². The Morgan fingerprint density at radius 1 is 0.944 bits per heavy atom. The molecule has 1 saturated carbocycles. The Morgan fingerprint density at radius 2 is 1.61 bits per heavy atom. The van der Waals surface area contributed by atoms with Crippen molar-refractivity contribution in [3.8, 4) is 0 Å². The van der Waals surface area contributed by atoms with Gasteiger partial charge in [0.1, 0.15) is 0 Å². The maximum atomic E-state index is 3.64. The molecule has 0 aromatic rings. The van der Waals surface area contributed by atoms with Crippen LogP contribution in [-0.4, -0.2) is 12.6 Å². The Morgan fingerprint density at radius 3 is 2.33 bits per heavy atom. The second-order valence-corrected chi connectivity index (χ2v) is 6.57. The molecule has 108 valence electrons. The van der Waals surface area contributed by atoms with Gasteiger partial charge in [0.2, 0.25) is 0 Å².